The molecule has 1 N–H and O–H groups in total. The van der Waals surface area contributed by atoms with Crippen molar-refractivity contribution in [3.63, 3.8) is 0 Å². The molecule has 0 aliphatic heterocycles. The van der Waals surface area contributed by atoms with Gasteiger partial charge in [0, 0.05) is 10.9 Å². The van der Waals surface area contributed by atoms with Crippen LogP contribution in [0, 0.1) is 17.0 Å². The molecule has 0 saturated carbocycles. The molecule has 1 amide bonds. The predicted octanol–water partition coefficient (Wildman–Crippen LogP) is 2.26. The number of anilines is 1. The number of nitrogens with one attached hydrogen (secondary N) is 1. The van der Waals surface area contributed by atoms with Gasteiger partial charge in [0.25, 0.3) is 5.91 Å². The summed E-state index contributed by atoms with van der Waals surface area (Å²) in [5.74, 6) is -0.924. The molecule has 0 bridgehead atoms. The van der Waals surface area contributed by atoms with Crippen LogP contribution in [-0.2, 0) is 11.3 Å². The molecule has 24 heavy (non-hydrogen) atoms. The summed E-state index contributed by atoms with van der Waals surface area (Å²) in [4.78, 5) is 26.4. The van der Waals surface area contributed by atoms with Crippen molar-refractivity contribution in [2.75, 3.05) is 5.32 Å². The Morgan fingerprint density at radius 1 is 1.38 bits per heavy atom. The minimum absolute atomic E-state index is 0.261. The molecule has 0 radical (unpaired) electrons. The van der Waals surface area contributed by atoms with Gasteiger partial charge in [-0.2, -0.15) is 0 Å². The second-order valence-corrected chi connectivity index (χ2v) is 5.83. The molecule has 0 saturated heterocycles. The smallest absolute Gasteiger partial charge is 0.390 e. The molecule has 0 aliphatic rings. The van der Waals surface area contributed by atoms with Gasteiger partial charge < -0.3 is 10.1 Å². The minimum atomic E-state index is -0.695. The van der Waals surface area contributed by atoms with Crippen LogP contribution in [0.5, 0.6) is 0 Å². The molecule has 122 valence electrons. The highest BCUT2D eigenvalue weighted by molar-refractivity contribution is 7.14. The number of hydrogen-bond acceptors (Lipinski definition) is 7. The quantitative estimate of drug-likeness (QED) is 0.560. The van der Waals surface area contributed by atoms with Crippen LogP contribution in [0.4, 0.5) is 11.1 Å². The van der Waals surface area contributed by atoms with Gasteiger partial charge in [0.1, 0.15) is 0 Å². The van der Waals surface area contributed by atoms with Crippen molar-refractivity contribution < 1.29 is 9.72 Å². The molecule has 0 spiro atoms. The van der Waals surface area contributed by atoms with Gasteiger partial charge in [-0.25, -0.2) is 9.55 Å². The molecule has 0 atom stereocenters. The van der Waals surface area contributed by atoms with Gasteiger partial charge >= 0.3 is 5.95 Å². The van der Waals surface area contributed by atoms with Crippen LogP contribution in [0.25, 0.3) is 11.3 Å². The molecule has 1 aromatic carbocycles. The summed E-state index contributed by atoms with van der Waals surface area (Å²) < 4.78 is 1.06. The highest BCUT2D eigenvalue weighted by atomic mass is 32.1. The highest BCUT2D eigenvalue weighted by Gasteiger charge is 2.19. The first-order chi connectivity index (χ1) is 11.5. The van der Waals surface area contributed by atoms with E-state index in [9.17, 15) is 14.9 Å². The van der Waals surface area contributed by atoms with Crippen molar-refractivity contribution in [2.45, 2.75) is 13.5 Å². The van der Waals surface area contributed by atoms with Gasteiger partial charge in [-0.05, 0) is 16.9 Å². The number of carbonyl (C=O) groups is 1. The monoisotopic (exact) mass is 344 g/mol. The lowest BCUT2D eigenvalue weighted by atomic mass is 10.1. The van der Waals surface area contributed by atoms with Crippen LogP contribution in [0.3, 0.4) is 0 Å². The number of aromatic nitrogens is 4. The molecular formula is C14H12N6O3S. The third-order valence-electron chi connectivity index (χ3n) is 3.17. The zero-order chi connectivity index (χ0) is 17.1. The zero-order valence-electron chi connectivity index (χ0n) is 12.5. The number of thiazole rings is 1. The molecular weight excluding hydrogens is 332 g/mol. The van der Waals surface area contributed by atoms with Crippen molar-refractivity contribution in [1.82, 2.24) is 19.7 Å². The van der Waals surface area contributed by atoms with E-state index in [-0.39, 0.29) is 6.54 Å². The van der Waals surface area contributed by atoms with E-state index in [4.69, 9.17) is 0 Å². The largest absolute Gasteiger partial charge is 0.458 e. The number of carbonyl (C=O) groups excluding carboxylic acids is 1. The van der Waals surface area contributed by atoms with Crippen molar-refractivity contribution in [2.24, 2.45) is 0 Å². The maximum Gasteiger partial charge on any atom is 0.458 e. The molecule has 0 aliphatic carbocycles. The summed E-state index contributed by atoms with van der Waals surface area (Å²) >= 11 is 1.28. The van der Waals surface area contributed by atoms with Gasteiger partial charge in [-0.1, -0.05) is 29.8 Å². The predicted molar refractivity (Wildman–Crippen MR) is 87.6 cm³/mol. The SMILES string of the molecule is Cc1ccc(-c2csc(NC(=O)Cn3cnnc3[N+](=O)[O-])n2)cc1. The summed E-state index contributed by atoms with van der Waals surface area (Å²) in [7, 11) is 0. The normalized spacial score (nSPS) is 10.5. The van der Waals surface area contributed by atoms with Crippen LogP contribution >= 0.6 is 11.3 Å². The number of rotatable bonds is 5. The molecule has 9 nitrogen and oxygen atoms in total. The standard InChI is InChI=1S/C14H12N6O3S/c1-9-2-4-10(5-3-9)11-7-24-13(16-11)17-12(21)6-19-8-15-18-14(19)20(22)23/h2-5,7-8H,6H2,1H3,(H,16,17,21). The molecule has 2 heterocycles. The molecule has 0 unspecified atom stereocenters. The highest BCUT2D eigenvalue weighted by Crippen LogP contribution is 2.25. The topological polar surface area (TPSA) is 116 Å². The lowest BCUT2D eigenvalue weighted by molar-refractivity contribution is -0.396. The summed E-state index contributed by atoms with van der Waals surface area (Å²) in [5, 5.41) is 22.4. The fourth-order valence-electron chi connectivity index (χ4n) is 2.00. The average Bonchev–Trinajstić information content (AvgIpc) is 3.17. The van der Waals surface area contributed by atoms with E-state index in [1.54, 1.807) is 0 Å². The number of nitrogens with zero attached hydrogens (tertiary/aromatic N) is 5. The van der Waals surface area contributed by atoms with Crippen molar-refractivity contribution in [3.8, 4) is 11.3 Å². The Morgan fingerprint density at radius 3 is 2.83 bits per heavy atom. The fraction of sp³-hybridized carbons (Fsp3) is 0.143. The minimum Gasteiger partial charge on any atom is -0.390 e. The Balaban J connectivity index is 1.68. The van der Waals surface area contributed by atoms with E-state index in [0.29, 0.717) is 5.13 Å². The van der Waals surface area contributed by atoms with Crippen molar-refractivity contribution in [3.05, 3.63) is 51.7 Å². The summed E-state index contributed by atoms with van der Waals surface area (Å²) in [5.41, 5.74) is 2.86. The summed E-state index contributed by atoms with van der Waals surface area (Å²) in [6.45, 7) is 1.74. The summed E-state index contributed by atoms with van der Waals surface area (Å²) in [6, 6.07) is 7.88. The summed E-state index contributed by atoms with van der Waals surface area (Å²) in [6.07, 6.45) is 1.14. The van der Waals surface area contributed by atoms with Crippen LogP contribution in [0.1, 0.15) is 5.56 Å². The second-order valence-electron chi connectivity index (χ2n) is 4.97. The maximum atomic E-state index is 12.0. The maximum absolute atomic E-state index is 12.0. The fourth-order valence-corrected chi connectivity index (χ4v) is 2.74. The second kappa shape index (κ2) is 6.54. The van der Waals surface area contributed by atoms with Gasteiger partial charge in [0.2, 0.25) is 0 Å². The van der Waals surface area contributed by atoms with Gasteiger partial charge in [-0.15, -0.1) is 11.3 Å². The first-order valence-corrected chi connectivity index (χ1v) is 7.75. The number of benzene rings is 1. The Hall–Kier alpha value is -3.14. The molecule has 3 aromatic rings. The van der Waals surface area contributed by atoms with Crippen molar-refractivity contribution in [1.29, 1.82) is 0 Å². The van der Waals surface area contributed by atoms with Crippen molar-refractivity contribution >= 4 is 28.3 Å². The lowest BCUT2D eigenvalue weighted by Crippen LogP contribution is -2.19. The van der Waals surface area contributed by atoms with Gasteiger partial charge in [0.05, 0.1) is 10.8 Å². The Bertz CT molecular complexity index is 886. The molecule has 0 fully saturated rings. The third kappa shape index (κ3) is 3.43. The van der Waals surface area contributed by atoms with E-state index in [1.165, 1.54) is 11.3 Å². The van der Waals surface area contributed by atoms with E-state index in [0.717, 1.165) is 27.7 Å². The average molecular weight is 344 g/mol. The van der Waals surface area contributed by atoms with E-state index in [2.05, 4.69) is 20.5 Å². The van der Waals surface area contributed by atoms with Gasteiger partial charge in [0.15, 0.2) is 18.0 Å². The van der Waals surface area contributed by atoms with Crippen LogP contribution < -0.4 is 5.32 Å². The third-order valence-corrected chi connectivity index (χ3v) is 3.93. The van der Waals surface area contributed by atoms with Crippen LogP contribution in [-0.4, -0.2) is 30.6 Å². The number of hydrogen-bond donors (Lipinski definition) is 1. The zero-order valence-corrected chi connectivity index (χ0v) is 13.4. The molecule has 10 heteroatoms. The first-order valence-electron chi connectivity index (χ1n) is 6.87. The van der Waals surface area contributed by atoms with E-state index < -0.39 is 16.8 Å². The molecule has 3 rings (SSSR count). The number of aryl methyl sites for hydroxylation is 1. The van der Waals surface area contributed by atoms with E-state index in [1.807, 2.05) is 36.6 Å². The Labute approximate surface area is 140 Å². The Kier molecular flexibility index (Phi) is 4.29. The lowest BCUT2D eigenvalue weighted by Gasteiger charge is -2.01. The Morgan fingerprint density at radius 2 is 2.12 bits per heavy atom. The van der Waals surface area contributed by atoms with Gasteiger partial charge in [-0.3, -0.25) is 10.1 Å². The van der Waals surface area contributed by atoms with Crippen LogP contribution in [0.15, 0.2) is 36.0 Å². The van der Waals surface area contributed by atoms with E-state index >= 15 is 0 Å². The first kappa shape index (κ1) is 15.7. The molecule has 2 aromatic heterocycles. The van der Waals surface area contributed by atoms with Crippen LogP contribution in [0.2, 0.25) is 0 Å². The number of amides is 1. The number of nitro groups is 1.